The molecule has 0 spiro atoms. The quantitative estimate of drug-likeness (QED) is 0.511. The van der Waals surface area contributed by atoms with Gasteiger partial charge in [-0.25, -0.2) is 14.3 Å². The van der Waals surface area contributed by atoms with Crippen LogP contribution < -0.4 is 5.56 Å². The van der Waals surface area contributed by atoms with Gasteiger partial charge in [0.1, 0.15) is 5.56 Å². The Morgan fingerprint density at radius 2 is 1.89 bits per heavy atom. The molecule has 0 fully saturated rings. The topological polar surface area (TPSA) is 78.5 Å². The molecule has 0 atom stereocenters. The number of hydrogen-bond donors (Lipinski definition) is 0. The van der Waals surface area contributed by atoms with E-state index in [1.54, 1.807) is 23.8 Å². The van der Waals surface area contributed by atoms with Crippen molar-refractivity contribution in [1.29, 1.82) is 0 Å². The molecular weight excluding hydrogens is 356 g/mol. The number of pyridine rings is 1. The molecular formula is C21H20N4O3. The monoisotopic (exact) mass is 376 g/mol. The van der Waals surface area contributed by atoms with Crippen molar-refractivity contribution < 1.29 is 9.53 Å². The predicted molar refractivity (Wildman–Crippen MR) is 106 cm³/mol. The normalized spacial score (nSPS) is 11.4. The Balaban J connectivity index is 1.85. The maximum atomic E-state index is 13.0. The van der Waals surface area contributed by atoms with Gasteiger partial charge in [0.05, 0.1) is 23.7 Å². The van der Waals surface area contributed by atoms with Crippen molar-refractivity contribution in [2.75, 3.05) is 6.61 Å². The van der Waals surface area contributed by atoms with Crippen LogP contribution in [0, 0.1) is 0 Å². The van der Waals surface area contributed by atoms with Crippen LogP contribution in [0.25, 0.3) is 22.2 Å². The summed E-state index contributed by atoms with van der Waals surface area (Å²) in [5.41, 5.74) is 3.02. The standard InChI is InChI=1S/C21H20N4O3/c1-4-28-21(27)17-12-23-25-18-9-10-24(20(26)16(18)11-22-19(17)25)15-7-5-14(6-8-15)13(2)3/h5-13H,4H2,1-3H3. The van der Waals surface area contributed by atoms with Crippen LogP contribution >= 0.6 is 0 Å². The third-order valence-electron chi connectivity index (χ3n) is 4.73. The molecule has 0 N–H and O–H groups in total. The number of fused-ring (bicyclic) bond motifs is 3. The van der Waals surface area contributed by atoms with Gasteiger partial charge in [-0.3, -0.25) is 9.36 Å². The minimum atomic E-state index is -0.483. The van der Waals surface area contributed by atoms with Crippen molar-refractivity contribution in [3.8, 4) is 5.69 Å². The second kappa shape index (κ2) is 6.92. The summed E-state index contributed by atoms with van der Waals surface area (Å²) in [6, 6.07) is 9.71. The van der Waals surface area contributed by atoms with E-state index < -0.39 is 5.97 Å². The average Bonchev–Trinajstić information content (AvgIpc) is 3.13. The van der Waals surface area contributed by atoms with E-state index in [4.69, 9.17) is 4.74 Å². The van der Waals surface area contributed by atoms with Crippen LogP contribution in [0.3, 0.4) is 0 Å². The number of carbonyl (C=O) groups excluding carboxylic acids is 1. The van der Waals surface area contributed by atoms with Gasteiger partial charge in [-0.05, 0) is 36.6 Å². The lowest BCUT2D eigenvalue weighted by Crippen LogP contribution is -2.19. The number of nitrogens with zero attached hydrogens (tertiary/aromatic N) is 4. The minimum Gasteiger partial charge on any atom is -0.462 e. The molecule has 0 aliphatic carbocycles. The SMILES string of the molecule is CCOC(=O)c1cnn2c1ncc1c(=O)n(-c3ccc(C(C)C)cc3)ccc12. The number of benzene rings is 1. The number of rotatable bonds is 4. The fourth-order valence-corrected chi connectivity index (χ4v) is 3.19. The fourth-order valence-electron chi connectivity index (χ4n) is 3.19. The van der Waals surface area contributed by atoms with E-state index in [1.807, 2.05) is 24.3 Å². The summed E-state index contributed by atoms with van der Waals surface area (Å²) in [5.74, 6) is -0.0591. The lowest BCUT2D eigenvalue weighted by atomic mass is 10.0. The minimum absolute atomic E-state index is 0.197. The molecule has 1 aromatic carbocycles. The maximum absolute atomic E-state index is 13.0. The highest BCUT2D eigenvalue weighted by atomic mass is 16.5. The van der Waals surface area contributed by atoms with Crippen molar-refractivity contribution in [2.45, 2.75) is 26.7 Å². The molecule has 0 aliphatic heterocycles. The Hall–Kier alpha value is -3.48. The second-order valence-electron chi connectivity index (χ2n) is 6.81. The number of ether oxygens (including phenoxy) is 1. The Labute approximate surface area is 161 Å². The highest BCUT2D eigenvalue weighted by Gasteiger charge is 2.17. The molecule has 28 heavy (non-hydrogen) atoms. The van der Waals surface area contributed by atoms with Crippen molar-refractivity contribution in [3.63, 3.8) is 0 Å². The number of hydrogen-bond acceptors (Lipinski definition) is 5. The molecule has 7 nitrogen and oxygen atoms in total. The van der Waals surface area contributed by atoms with Gasteiger partial charge in [0.25, 0.3) is 5.56 Å². The van der Waals surface area contributed by atoms with Gasteiger partial charge in [0, 0.05) is 18.1 Å². The molecule has 4 aromatic rings. The Morgan fingerprint density at radius 1 is 1.14 bits per heavy atom. The molecule has 0 unspecified atom stereocenters. The van der Waals surface area contributed by atoms with Crippen LogP contribution in [0.4, 0.5) is 0 Å². The predicted octanol–water partition coefficient (Wildman–Crippen LogP) is 3.33. The first-order valence-electron chi connectivity index (χ1n) is 9.16. The smallest absolute Gasteiger partial charge is 0.343 e. The van der Waals surface area contributed by atoms with E-state index in [9.17, 15) is 9.59 Å². The summed E-state index contributed by atoms with van der Waals surface area (Å²) in [4.78, 5) is 29.4. The first-order valence-corrected chi connectivity index (χ1v) is 9.16. The van der Waals surface area contributed by atoms with E-state index in [2.05, 4.69) is 23.9 Å². The van der Waals surface area contributed by atoms with Crippen LogP contribution in [0.5, 0.6) is 0 Å². The zero-order chi connectivity index (χ0) is 19.8. The zero-order valence-electron chi connectivity index (χ0n) is 15.9. The van der Waals surface area contributed by atoms with Gasteiger partial charge < -0.3 is 4.74 Å². The first kappa shape index (κ1) is 17.9. The molecule has 7 heteroatoms. The molecule has 4 rings (SSSR count). The third-order valence-corrected chi connectivity index (χ3v) is 4.73. The van der Waals surface area contributed by atoms with E-state index in [0.29, 0.717) is 22.5 Å². The number of esters is 1. The molecule has 0 aliphatic rings. The van der Waals surface area contributed by atoms with Crippen molar-refractivity contribution in [3.05, 3.63) is 70.4 Å². The summed E-state index contributed by atoms with van der Waals surface area (Å²) in [6.07, 6.45) is 4.60. The van der Waals surface area contributed by atoms with Crippen molar-refractivity contribution in [1.82, 2.24) is 19.2 Å². The van der Waals surface area contributed by atoms with E-state index >= 15 is 0 Å². The van der Waals surface area contributed by atoms with Gasteiger partial charge in [-0.15, -0.1) is 0 Å². The summed E-state index contributed by atoms with van der Waals surface area (Å²) >= 11 is 0. The molecule has 0 bridgehead atoms. The Kier molecular flexibility index (Phi) is 4.43. The molecule has 0 radical (unpaired) electrons. The molecule has 3 heterocycles. The molecule has 3 aromatic heterocycles. The molecule has 0 saturated carbocycles. The number of aromatic nitrogens is 4. The zero-order valence-corrected chi connectivity index (χ0v) is 15.9. The highest BCUT2D eigenvalue weighted by molar-refractivity contribution is 5.96. The molecule has 142 valence electrons. The largest absolute Gasteiger partial charge is 0.462 e. The average molecular weight is 376 g/mol. The van der Waals surface area contributed by atoms with Crippen molar-refractivity contribution in [2.24, 2.45) is 0 Å². The van der Waals surface area contributed by atoms with Crippen LogP contribution in [0.15, 0.2) is 53.7 Å². The van der Waals surface area contributed by atoms with Crippen LogP contribution in [-0.2, 0) is 4.74 Å². The lowest BCUT2D eigenvalue weighted by molar-refractivity contribution is 0.0528. The van der Waals surface area contributed by atoms with Gasteiger partial charge >= 0.3 is 5.97 Å². The summed E-state index contributed by atoms with van der Waals surface area (Å²) in [7, 11) is 0. The van der Waals surface area contributed by atoms with Gasteiger partial charge in [-0.2, -0.15) is 5.10 Å². The van der Waals surface area contributed by atoms with Gasteiger partial charge in [0.15, 0.2) is 5.65 Å². The fraction of sp³-hybridized carbons (Fsp3) is 0.238. The molecule has 0 amide bonds. The van der Waals surface area contributed by atoms with E-state index in [0.717, 1.165) is 5.69 Å². The lowest BCUT2D eigenvalue weighted by Gasteiger charge is -2.10. The molecule has 0 saturated heterocycles. The summed E-state index contributed by atoms with van der Waals surface area (Å²) in [6.45, 7) is 6.26. The van der Waals surface area contributed by atoms with Gasteiger partial charge in [-0.1, -0.05) is 26.0 Å². The van der Waals surface area contributed by atoms with Crippen molar-refractivity contribution >= 4 is 22.5 Å². The maximum Gasteiger partial charge on any atom is 0.343 e. The first-order chi connectivity index (χ1) is 13.5. The van der Waals surface area contributed by atoms with E-state index in [1.165, 1.54) is 22.5 Å². The van der Waals surface area contributed by atoms with Crippen LogP contribution in [0.1, 0.15) is 42.6 Å². The Bertz CT molecular complexity index is 1240. The second-order valence-corrected chi connectivity index (χ2v) is 6.81. The van der Waals surface area contributed by atoms with Gasteiger partial charge in [0.2, 0.25) is 0 Å². The summed E-state index contributed by atoms with van der Waals surface area (Å²) < 4.78 is 8.11. The summed E-state index contributed by atoms with van der Waals surface area (Å²) in [5, 5.41) is 4.65. The van der Waals surface area contributed by atoms with Crippen LogP contribution in [0.2, 0.25) is 0 Å². The third kappa shape index (κ3) is 2.85. The number of carbonyl (C=O) groups is 1. The van der Waals surface area contributed by atoms with Crippen LogP contribution in [-0.4, -0.2) is 31.7 Å². The Morgan fingerprint density at radius 3 is 2.57 bits per heavy atom. The van der Waals surface area contributed by atoms with E-state index in [-0.39, 0.29) is 17.7 Å². The highest BCUT2D eigenvalue weighted by Crippen LogP contribution is 2.19.